The number of para-hydroxylation sites is 2. The molecule has 0 aliphatic heterocycles. The van der Waals surface area contributed by atoms with Crippen LogP contribution in [-0.4, -0.2) is 32.4 Å². The van der Waals surface area contributed by atoms with Gasteiger partial charge < -0.3 is 25.8 Å². The molecule has 0 saturated heterocycles. The predicted octanol–water partition coefficient (Wildman–Crippen LogP) is 9.29. The Morgan fingerprint density at radius 2 is 1.26 bits per heavy atom. The summed E-state index contributed by atoms with van der Waals surface area (Å²) in [6.07, 6.45) is 3.17. The fourth-order valence-corrected chi connectivity index (χ4v) is 5.61. The number of rotatable bonds is 12. The first-order valence-corrected chi connectivity index (χ1v) is 17.0. The van der Waals surface area contributed by atoms with Gasteiger partial charge in [0, 0.05) is 52.7 Å². The molecule has 0 spiro atoms. The van der Waals surface area contributed by atoms with E-state index in [0.29, 0.717) is 39.7 Å². The summed E-state index contributed by atoms with van der Waals surface area (Å²) in [6, 6.07) is 48.2. The SMILES string of the molecule is N=C(/C(=C\Nc1ccccc1)C(=O)Nc1cc(NC(=O)c2cn(-c3ccccc3)nc2-c2ccccc2)cc(Oc2ccc(O)cc2)c1)c1ccccc1. The summed E-state index contributed by atoms with van der Waals surface area (Å²) in [5.74, 6) is -0.216. The van der Waals surface area contributed by atoms with Gasteiger partial charge in [0.2, 0.25) is 0 Å². The Morgan fingerprint density at radius 1 is 0.667 bits per heavy atom. The van der Waals surface area contributed by atoms with E-state index in [1.54, 1.807) is 65.5 Å². The molecule has 54 heavy (non-hydrogen) atoms. The molecular weight excluding hydrogens is 677 g/mol. The summed E-state index contributed by atoms with van der Waals surface area (Å²) >= 11 is 0. The largest absolute Gasteiger partial charge is 0.508 e. The Labute approximate surface area is 311 Å². The first-order valence-electron chi connectivity index (χ1n) is 17.0. The standard InChI is InChI=1S/C44H34N6O4/c45-41(30-13-5-1-6-14-30)39(28-46-32-17-9-3-10-18-32)43(52)47-33-25-34(27-38(26-33)54-37-23-21-36(51)22-24-37)48-44(53)40-29-50(35-19-11-4-12-20-35)49-42(40)31-15-7-2-8-16-31/h1-29,45-46,51H,(H,47,52)(H,48,53)/b39-28+,45-41?. The third-order valence-electron chi connectivity index (χ3n) is 8.25. The zero-order valence-electron chi connectivity index (χ0n) is 28.8. The van der Waals surface area contributed by atoms with Gasteiger partial charge in [0.25, 0.3) is 11.8 Å². The second-order valence-corrected chi connectivity index (χ2v) is 12.1. The van der Waals surface area contributed by atoms with E-state index in [1.807, 2.05) is 97.1 Å². The van der Waals surface area contributed by atoms with E-state index in [-0.39, 0.29) is 17.0 Å². The van der Waals surface area contributed by atoms with Crippen LogP contribution in [0.1, 0.15) is 15.9 Å². The number of nitrogens with one attached hydrogen (secondary N) is 4. The van der Waals surface area contributed by atoms with Crippen LogP contribution < -0.4 is 20.7 Å². The van der Waals surface area contributed by atoms with Crippen molar-refractivity contribution in [3.63, 3.8) is 0 Å². The maximum atomic E-state index is 14.1. The lowest BCUT2D eigenvalue weighted by Gasteiger charge is -2.15. The number of nitrogens with zero attached hydrogens (tertiary/aromatic N) is 2. The van der Waals surface area contributed by atoms with Gasteiger partial charge in [0.15, 0.2) is 0 Å². The van der Waals surface area contributed by atoms with E-state index >= 15 is 0 Å². The number of carbonyl (C=O) groups excluding carboxylic acids is 2. The molecule has 264 valence electrons. The number of ether oxygens (including phenoxy) is 1. The van der Waals surface area contributed by atoms with Gasteiger partial charge in [-0.2, -0.15) is 5.10 Å². The van der Waals surface area contributed by atoms with E-state index in [0.717, 1.165) is 16.9 Å². The average molecular weight is 711 g/mol. The third kappa shape index (κ3) is 8.42. The Kier molecular flexibility index (Phi) is 10.3. The first kappa shape index (κ1) is 34.7. The number of aromatic nitrogens is 2. The third-order valence-corrected chi connectivity index (χ3v) is 8.25. The minimum atomic E-state index is -0.568. The zero-order valence-corrected chi connectivity index (χ0v) is 28.8. The number of amides is 2. The van der Waals surface area contributed by atoms with Crippen molar-refractivity contribution in [2.75, 3.05) is 16.0 Å². The van der Waals surface area contributed by atoms with E-state index in [1.165, 1.54) is 18.3 Å². The molecule has 0 fully saturated rings. The van der Waals surface area contributed by atoms with Crippen molar-refractivity contribution in [1.82, 2.24) is 9.78 Å². The van der Waals surface area contributed by atoms with Crippen molar-refractivity contribution >= 4 is 34.6 Å². The summed E-state index contributed by atoms with van der Waals surface area (Å²) in [4.78, 5) is 28.1. The van der Waals surface area contributed by atoms with E-state index in [2.05, 4.69) is 16.0 Å². The van der Waals surface area contributed by atoms with Crippen LogP contribution in [0.5, 0.6) is 17.2 Å². The number of carbonyl (C=O) groups is 2. The van der Waals surface area contributed by atoms with E-state index < -0.39 is 11.8 Å². The number of anilines is 3. The number of phenols is 1. The second kappa shape index (κ2) is 16.1. The molecule has 7 rings (SSSR count). The maximum absolute atomic E-state index is 14.1. The van der Waals surface area contributed by atoms with Crippen molar-refractivity contribution in [2.45, 2.75) is 0 Å². The summed E-state index contributed by atoms with van der Waals surface area (Å²) in [7, 11) is 0. The Balaban J connectivity index is 1.23. The number of hydrogen-bond donors (Lipinski definition) is 5. The zero-order chi connectivity index (χ0) is 37.3. The molecule has 6 aromatic carbocycles. The van der Waals surface area contributed by atoms with Crippen LogP contribution in [-0.2, 0) is 4.79 Å². The fourth-order valence-electron chi connectivity index (χ4n) is 5.61. The van der Waals surface area contributed by atoms with Crippen molar-refractivity contribution in [1.29, 1.82) is 5.41 Å². The minimum absolute atomic E-state index is 0.00502. The van der Waals surface area contributed by atoms with Crippen LogP contribution in [0.3, 0.4) is 0 Å². The van der Waals surface area contributed by atoms with Crippen molar-refractivity contribution in [3.8, 4) is 34.2 Å². The van der Waals surface area contributed by atoms with Gasteiger partial charge >= 0.3 is 0 Å². The van der Waals surface area contributed by atoms with Crippen LogP contribution in [0.25, 0.3) is 16.9 Å². The first-order chi connectivity index (χ1) is 26.4. The van der Waals surface area contributed by atoms with Gasteiger partial charge in [-0.25, -0.2) is 4.68 Å². The molecule has 7 aromatic rings. The normalized spacial score (nSPS) is 11.0. The van der Waals surface area contributed by atoms with Crippen molar-refractivity contribution in [3.05, 3.63) is 193 Å². The molecule has 0 radical (unpaired) electrons. The molecule has 5 N–H and O–H groups in total. The molecule has 2 amide bonds. The van der Waals surface area contributed by atoms with Crippen molar-refractivity contribution < 1.29 is 19.4 Å². The molecule has 10 nitrogen and oxygen atoms in total. The lowest BCUT2D eigenvalue weighted by atomic mass is 10.0. The molecule has 1 heterocycles. The highest BCUT2D eigenvalue weighted by Gasteiger charge is 2.21. The Hall–Kier alpha value is -7.72. The van der Waals surface area contributed by atoms with Gasteiger partial charge in [-0.05, 0) is 54.6 Å². The molecule has 0 unspecified atom stereocenters. The van der Waals surface area contributed by atoms with Gasteiger partial charge in [-0.1, -0.05) is 97.1 Å². The summed E-state index contributed by atoms with van der Waals surface area (Å²) in [6.45, 7) is 0. The molecule has 1 aromatic heterocycles. The van der Waals surface area contributed by atoms with Crippen LogP contribution in [0, 0.1) is 5.41 Å². The lowest BCUT2D eigenvalue weighted by molar-refractivity contribution is -0.112. The molecule has 10 heteroatoms. The molecular formula is C44H34N6O4. The molecule has 0 aliphatic carbocycles. The van der Waals surface area contributed by atoms with Crippen LogP contribution in [0.15, 0.2) is 182 Å². The summed E-state index contributed by atoms with van der Waals surface area (Å²) in [5.41, 5.74) is 4.35. The smallest absolute Gasteiger partial charge is 0.259 e. The van der Waals surface area contributed by atoms with Gasteiger partial charge in [0.05, 0.1) is 22.5 Å². The lowest BCUT2D eigenvalue weighted by Crippen LogP contribution is -2.22. The van der Waals surface area contributed by atoms with Crippen LogP contribution in [0.2, 0.25) is 0 Å². The van der Waals surface area contributed by atoms with Crippen molar-refractivity contribution in [2.24, 2.45) is 0 Å². The summed E-state index contributed by atoms with van der Waals surface area (Å²) < 4.78 is 7.78. The summed E-state index contributed by atoms with van der Waals surface area (Å²) in [5, 5.41) is 32.5. The molecule has 0 aliphatic rings. The maximum Gasteiger partial charge on any atom is 0.259 e. The number of phenolic OH excluding ortho intramolecular Hbond substituents is 1. The van der Waals surface area contributed by atoms with Crippen LogP contribution >= 0.6 is 0 Å². The topological polar surface area (TPSA) is 141 Å². The minimum Gasteiger partial charge on any atom is -0.508 e. The Bertz CT molecular complexity index is 2430. The molecule has 0 saturated carbocycles. The van der Waals surface area contributed by atoms with E-state index in [4.69, 9.17) is 15.2 Å². The quantitative estimate of drug-likeness (QED) is 0.0632. The predicted molar refractivity (Wildman–Crippen MR) is 212 cm³/mol. The number of hydrogen-bond acceptors (Lipinski definition) is 7. The van der Waals surface area contributed by atoms with Gasteiger partial charge in [0.1, 0.15) is 22.9 Å². The van der Waals surface area contributed by atoms with E-state index in [9.17, 15) is 14.7 Å². The number of benzene rings is 6. The Morgan fingerprint density at radius 3 is 1.93 bits per heavy atom. The average Bonchev–Trinajstić information content (AvgIpc) is 3.66. The van der Waals surface area contributed by atoms with Gasteiger partial charge in [-0.3, -0.25) is 15.0 Å². The fraction of sp³-hybridized carbons (Fsp3) is 0. The molecule has 0 bridgehead atoms. The van der Waals surface area contributed by atoms with Gasteiger partial charge in [-0.15, -0.1) is 0 Å². The monoisotopic (exact) mass is 710 g/mol. The second-order valence-electron chi connectivity index (χ2n) is 12.1. The highest BCUT2D eigenvalue weighted by atomic mass is 16.5. The molecule has 0 atom stereocenters. The highest BCUT2D eigenvalue weighted by Crippen LogP contribution is 2.31. The highest BCUT2D eigenvalue weighted by molar-refractivity contribution is 6.29. The number of aromatic hydroxyl groups is 1. The van der Waals surface area contributed by atoms with Crippen LogP contribution in [0.4, 0.5) is 17.1 Å².